The number of hydrogen-bond acceptors (Lipinski definition) is 4. The lowest BCUT2D eigenvalue weighted by atomic mass is 10.1. The van der Waals surface area contributed by atoms with E-state index >= 15 is 0 Å². The van der Waals surface area contributed by atoms with Gasteiger partial charge in [-0.25, -0.2) is 9.78 Å². The van der Waals surface area contributed by atoms with Crippen LogP contribution in [0.3, 0.4) is 0 Å². The molecule has 2 heterocycles. The van der Waals surface area contributed by atoms with Gasteiger partial charge in [-0.15, -0.1) is 0 Å². The number of esters is 1. The molecule has 0 aliphatic carbocycles. The Bertz CT molecular complexity index is 621. The van der Waals surface area contributed by atoms with Crippen LogP contribution in [0.1, 0.15) is 16.2 Å². The van der Waals surface area contributed by atoms with Gasteiger partial charge in [0.15, 0.2) is 5.69 Å². The molecule has 1 atom stereocenters. The normalized spacial score (nSPS) is 18.0. The van der Waals surface area contributed by atoms with Crippen LogP contribution in [0, 0.1) is 0 Å². The molecule has 6 heteroatoms. The molecule has 0 bridgehead atoms. The summed E-state index contributed by atoms with van der Waals surface area (Å²) in [4.78, 5) is 16.2. The fraction of sp³-hybridized carbons (Fsp3) is 0.231. The fourth-order valence-electron chi connectivity index (χ4n) is 2.11. The fourth-order valence-corrected chi connectivity index (χ4v) is 2.24. The van der Waals surface area contributed by atoms with Gasteiger partial charge in [-0.05, 0) is 24.3 Å². The molecule has 1 aromatic heterocycles. The molecular formula is C13H11ClN2O3. The van der Waals surface area contributed by atoms with Crippen molar-refractivity contribution in [3.05, 3.63) is 47.0 Å². The standard InChI is InChI=1S/C13H11ClN2O3/c14-8-1-3-9(4-2-8)16-7-15-11-5-10(6-17)19-13(18)12(11)16/h1-4,7,10,17H,5-6H2. The van der Waals surface area contributed by atoms with Crippen molar-refractivity contribution in [1.82, 2.24) is 9.55 Å². The number of nitrogens with zero attached hydrogens (tertiary/aromatic N) is 2. The van der Waals surface area contributed by atoms with Gasteiger partial charge >= 0.3 is 5.97 Å². The van der Waals surface area contributed by atoms with Gasteiger partial charge in [0.25, 0.3) is 0 Å². The number of carbonyl (C=O) groups is 1. The molecule has 0 amide bonds. The summed E-state index contributed by atoms with van der Waals surface area (Å²) >= 11 is 5.84. The van der Waals surface area contributed by atoms with Crippen molar-refractivity contribution in [2.45, 2.75) is 12.5 Å². The SMILES string of the molecule is O=C1OC(CO)Cc2ncn(-c3ccc(Cl)cc3)c21. The van der Waals surface area contributed by atoms with E-state index in [4.69, 9.17) is 21.4 Å². The molecule has 5 nitrogen and oxygen atoms in total. The zero-order chi connectivity index (χ0) is 13.4. The molecule has 1 unspecified atom stereocenters. The molecule has 0 saturated heterocycles. The van der Waals surface area contributed by atoms with Crippen LogP contribution in [-0.2, 0) is 11.2 Å². The molecule has 0 spiro atoms. The number of aliphatic hydroxyl groups excluding tert-OH is 1. The van der Waals surface area contributed by atoms with Gasteiger partial charge in [0.1, 0.15) is 12.4 Å². The molecule has 3 rings (SSSR count). The Hall–Kier alpha value is -1.85. The average Bonchev–Trinajstić information content (AvgIpc) is 2.84. The van der Waals surface area contributed by atoms with E-state index in [1.165, 1.54) is 0 Å². The first-order valence-corrected chi connectivity index (χ1v) is 6.21. The number of aromatic nitrogens is 2. The number of imidazole rings is 1. The second kappa shape index (κ2) is 4.68. The molecule has 1 aliphatic heterocycles. The van der Waals surface area contributed by atoms with Crippen molar-refractivity contribution in [1.29, 1.82) is 0 Å². The highest BCUT2D eigenvalue weighted by atomic mass is 35.5. The van der Waals surface area contributed by atoms with Gasteiger partial charge < -0.3 is 9.84 Å². The molecule has 2 aromatic rings. The number of benzene rings is 1. The maximum Gasteiger partial charge on any atom is 0.357 e. The van der Waals surface area contributed by atoms with Crippen molar-refractivity contribution in [2.75, 3.05) is 6.61 Å². The summed E-state index contributed by atoms with van der Waals surface area (Å²) in [7, 11) is 0. The first-order valence-electron chi connectivity index (χ1n) is 5.83. The lowest BCUT2D eigenvalue weighted by Gasteiger charge is -2.21. The maximum atomic E-state index is 12.0. The number of rotatable bonds is 2. The van der Waals surface area contributed by atoms with Crippen LogP contribution in [0.25, 0.3) is 5.69 Å². The van der Waals surface area contributed by atoms with E-state index in [0.29, 0.717) is 22.8 Å². The Labute approximate surface area is 114 Å². The highest BCUT2D eigenvalue weighted by Gasteiger charge is 2.30. The lowest BCUT2D eigenvalue weighted by molar-refractivity contribution is 0.00805. The number of fused-ring (bicyclic) bond motifs is 1. The average molecular weight is 279 g/mol. The van der Waals surface area contributed by atoms with Crippen LogP contribution in [-0.4, -0.2) is 33.3 Å². The van der Waals surface area contributed by atoms with Gasteiger partial charge in [-0.2, -0.15) is 0 Å². The number of ether oxygens (including phenoxy) is 1. The first kappa shape index (κ1) is 12.2. The molecular weight excluding hydrogens is 268 g/mol. The minimum atomic E-state index is -0.506. The van der Waals surface area contributed by atoms with Gasteiger partial charge in [0.05, 0.1) is 12.3 Å². The summed E-state index contributed by atoms with van der Waals surface area (Å²) in [5.74, 6) is -0.465. The topological polar surface area (TPSA) is 64.3 Å². The van der Waals surface area contributed by atoms with Crippen molar-refractivity contribution < 1.29 is 14.6 Å². The summed E-state index contributed by atoms with van der Waals surface area (Å²) < 4.78 is 6.80. The summed E-state index contributed by atoms with van der Waals surface area (Å²) in [6.07, 6.45) is 1.50. The third-order valence-electron chi connectivity index (χ3n) is 3.04. The van der Waals surface area contributed by atoms with Crippen LogP contribution in [0.15, 0.2) is 30.6 Å². The zero-order valence-corrected chi connectivity index (χ0v) is 10.7. The van der Waals surface area contributed by atoms with E-state index < -0.39 is 12.1 Å². The smallest absolute Gasteiger partial charge is 0.357 e. The van der Waals surface area contributed by atoms with Gasteiger partial charge in [0, 0.05) is 17.1 Å². The number of hydrogen-bond donors (Lipinski definition) is 1. The largest absolute Gasteiger partial charge is 0.455 e. The van der Waals surface area contributed by atoms with Crippen molar-refractivity contribution in [3.8, 4) is 5.69 Å². The van der Waals surface area contributed by atoms with Crippen molar-refractivity contribution in [3.63, 3.8) is 0 Å². The molecule has 98 valence electrons. The maximum absolute atomic E-state index is 12.0. The Morgan fingerprint density at radius 2 is 2.16 bits per heavy atom. The van der Waals surface area contributed by atoms with Crippen LogP contribution >= 0.6 is 11.6 Å². The zero-order valence-electron chi connectivity index (χ0n) is 9.91. The molecule has 0 radical (unpaired) electrons. The van der Waals surface area contributed by atoms with E-state index in [-0.39, 0.29) is 6.61 Å². The molecule has 19 heavy (non-hydrogen) atoms. The number of halogens is 1. The summed E-state index contributed by atoms with van der Waals surface area (Å²) in [5.41, 5.74) is 1.84. The minimum Gasteiger partial charge on any atom is -0.455 e. The summed E-state index contributed by atoms with van der Waals surface area (Å²) in [5, 5.41) is 9.69. The van der Waals surface area contributed by atoms with Gasteiger partial charge in [0.2, 0.25) is 0 Å². The predicted octanol–water partition coefficient (Wildman–Crippen LogP) is 1.60. The first-order chi connectivity index (χ1) is 9.19. The third kappa shape index (κ3) is 2.11. The monoisotopic (exact) mass is 278 g/mol. The lowest BCUT2D eigenvalue weighted by Crippen LogP contribution is -2.31. The number of aliphatic hydroxyl groups is 1. The van der Waals surface area contributed by atoms with Crippen molar-refractivity contribution >= 4 is 17.6 Å². The van der Waals surface area contributed by atoms with Gasteiger partial charge in [-0.3, -0.25) is 4.57 Å². The van der Waals surface area contributed by atoms with E-state index in [0.717, 1.165) is 5.69 Å². The second-order valence-corrected chi connectivity index (χ2v) is 4.74. The number of cyclic esters (lactones) is 1. The van der Waals surface area contributed by atoms with E-state index in [1.54, 1.807) is 35.2 Å². The third-order valence-corrected chi connectivity index (χ3v) is 3.29. The molecule has 0 fully saturated rings. The minimum absolute atomic E-state index is 0.195. The Morgan fingerprint density at radius 3 is 2.84 bits per heavy atom. The molecule has 1 aliphatic rings. The highest BCUT2D eigenvalue weighted by Crippen LogP contribution is 2.23. The summed E-state index contributed by atoms with van der Waals surface area (Å²) in [6, 6.07) is 7.09. The van der Waals surface area contributed by atoms with Crippen LogP contribution in [0.2, 0.25) is 5.02 Å². The predicted molar refractivity (Wildman–Crippen MR) is 68.6 cm³/mol. The molecule has 1 aromatic carbocycles. The number of carbonyl (C=O) groups excluding carboxylic acids is 1. The van der Waals surface area contributed by atoms with E-state index in [2.05, 4.69) is 4.98 Å². The Morgan fingerprint density at radius 1 is 1.42 bits per heavy atom. The summed E-state index contributed by atoms with van der Waals surface area (Å²) in [6.45, 7) is -0.195. The quantitative estimate of drug-likeness (QED) is 0.848. The highest BCUT2D eigenvalue weighted by molar-refractivity contribution is 6.30. The Kier molecular flexibility index (Phi) is 3.00. The van der Waals surface area contributed by atoms with E-state index in [1.807, 2.05) is 0 Å². The van der Waals surface area contributed by atoms with Crippen LogP contribution in [0.5, 0.6) is 0 Å². The van der Waals surface area contributed by atoms with Crippen molar-refractivity contribution in [2.24, 2.45) is 0 Å². The van der Waals surface area contributed by atoms with E-state index in [9.17, 15) is 4.79 Å². The second-order valence-electron chi connectivity index (χ2n) is 4.30. The molecule has 0 saturated carbocycles. The van der Waals surface area contributed by atoms with Crippen LogP contribution < -0.4 is 0 Å². The Balaban J connectivity index is 2.04. The van der Waals surface area contributed by atoms with Crippen LogP contribution in [0.4, 0.5) is 0 Å². The molecule has 1 N–H and O–H groups in total. The van der Waals surface area contributed by atoms with Gasteiger partial charge in [-0.1, -0.05) is 11.6 Å².